The second kappa shape index (κ2) is 10.9. The average Bonchev–Trinajstić information content (AvgIpc) is 3.20. The third-order valence-electron chi connectivity index (χ3n) is 13.3. The van der Waals surface area contributed by atoms with Gasteiger partial charge in [0.1, 0.15) is 0 Å². The minimum Gasteiger partial charge on any atom is -0.311 e. The molecule has 0 saturated heterocycles. The second-order valence-corrected chi connectivity index (χ2v) is 18.5. The molecular weight excluding hydrogens is 674 g/mol. The molecule has 0 aromatic heterocycles. The van der Waals surface area contributed by atoms with Crippen molar-refractivity contribution in [3.05, 3.63) is 157 Å². The molecule has 0 aliphatic carbocycles. The number of hydrogen-bond donors (Lipinski definition) is 0. The van der Waals surface area contributed by atoms with Crippen LogP contribution in [0, 0.1) is 0 Å². The molecule has 0 spiro atoms. The van der Waals surface area contributed by atoms with Crippen molar-refractivity contribution in [1.29, 1.82) is 0 Å². The number of anilines is 6. The number of benzene rings is 8. The first-order valence-electron chi connectivity index (χ1n) is 20.3. The summed E-state index contributed by atoms with van der Waals surface area (Å²) in [6.07, 6.45) is 0. The number of hydrogen-bond acceptors (Lipinski definition) is 2. The molecule has 0 unspecified atom stereocenters. The molecule has 0 N–H and O–H groups in total. The zero-order chi connectivity index (χ0) is 37.8. The van der Waals surface area contributed by atoms with E-state index in [-0.39, 0.29) is 24.3 Å². The fourth-order valence-electron chi connectivity index (χ4n) is 10.8. The number of fused-ring (bicyclic) bond motifs is 6. The molecule has 4 aliphatic heterocycles. The molecule has 0 fully saturated rings. The topological polar surface area (TPSA) is 6.48 Å². The number of rotatable bonds is 2. The van der Waals surface area contributed by atoms with E-state index >= 15 is 0 Å². The summed E-state index contributed by atoms with van der Waals surface area (Å²) in [5.41, 5.74) is 21.6. The maximum Gasteiger partial charge on any atom is 0.248 e. The van der Waals surface area contributed by atoms with Gasteiger partial charge in [0, 0.05) is 34.1 Å². The highest BCUT2D eigenvalue weighted by atomic mass is 15.2. The van der Waals surface area contributed by atoms with Crippen LogP contribution < -0.4 is 42.6 Å². The highest BCUT2D eigenvalue weighted by Crippen LogP contribution is 2.50. The summed E-state index contributed by atoms with van der Waals surface area (Å²) < 4.78 is 0. The Morgan fingerprint density at radius 1 is 0.375 bits per heavy atom. The Hall–Kier alpha value is -5.99. The van der Waals surface area contributed by atoms with Gasteiger partial charge in [0.2, 0.25) is 13.4 Å². The molecule has 266 valence electrons. The Labute approximate surface area is 330 Å². The lowest BCUT2D eigenvalue weighted by Gasteiger charge is -2.47. The summed E-state index contributed by atoms with van der Waals surface area (Å²) in [6.45, 7) is 14.3. The summed E-state index contributed by atoms with van der Waals surface area (Å²) in [7, 11) is 0. The molecule has 4 aliphatic rings. The van der Waals surface area contributed by atoms with Crippen molar-refractivity contribution in [2.24, 2.45) is 0 Å². The molecule has 0 radical (unpaired) electrons. The lowest BCUT2D eigenvalue weighted by Crippen LogP contribution is -2.66. The van der Waals surface area contributed by atoms with Crippen molar-refractivity contribution in [2.75, 3.05) is 9.80 Å². The van der Waals surface area contributed by atoms with E-state index < -0.39 is 0 Å². The van der Waals surface area contributed by atoms with Crippen LogP contribution in [0.5, 0.6) is 0 Å². The zero-order valence-electron chi connectivity index (χ0n) is 32.9. The van der Waals surface area contributed by atoms with Crippen LogP contribution in [0.4, 0.5) is 34.1 Å². The van der Waals surface area contributed by atoms with E-state index in [9.17, 15) is 0 Å². The van der Waals surface area contributed by atoms with E-state index in [0.29, 0.717) is 0 Å². The van der Waals surface area contributed by atoms with Crippen molar-refractivity contribution < 1.29 is 0 Å². The maximum atomic E-state index is 2.58. The van der Waals surface area contributed by atoms with E-state index in [1.165, 1.54) is 111 Å². The SMILES string of the molecule is CC(C)(C)c1ccc2c(c1)B1c3c(cc4c5c3-c3c6c1cccc6cc1cccc(c31)B5c1cc(C(C)(C)C)ccc1N4c1ccccc1)N2c1ccccc1. The van der Waals surface area contributed by atoms with Crippen LogP contribution >= 0.6 is 0 Å². The quantitative estimate of drug-likeness (QED) is 0.130. The Bertz CT molecular complexity index is 2810. The largest absolute Gasteiger partial charge is 0.311 e. The van der Waals surface area contributed by atoms with Crippen molar-refractivity contribution in [2.45, 2.75) is 52.4 Å². The molecule has 8 aromatic carbocycles. The molecular formula is C52H42B2N2. The molecule has 8 aromatic rings. The van der Waals surface area contributed by atoms with Gasteiger partial charge in [0.15, 0.2) is 0 Å². The van der Waals surface area contributed by atoms with E-state index in [0.717, 1.165) is 0 Å². The summed E-state index contributed by atoms with van der Waals surface area (Å²) in [5, 5.41) is 5.50. The first-order chi connectivity index (χ1) is 27.1. The van der Waals surface area contributed by atoms with Gasteiger partial charge in [-0.1, -0.05) is 150 Å². The first kappa shape index (κ1) is 32.3. The zero-order valence-corrected chi connectivity index (χ0v) is 32.9. The highest BCUT2D eigenvalue weighted by Gasteiger charge is 2.49. The van der Waals surface area contributed by atoms with Crippen LogP contribution in [0.3, 0.4) is 0 Å². The van der Waals surface area contributed by atoms with E-state index in [4.69, 9.17) is 0 Å². The molecule has 0 atom stereocenters. The van der Waals surface area contributed by atoms with Crippen molar-refractivity contribution in [3.63, 3.8) is 0 Å². The fourth-order valence-corrected chi connectivity index (χ4v) is 10.8. The Morgan fingerprint density at radius 2 is 0.821 bits per heavy atom. The van der Waals surface area contributed by atoms with Gasteiger partial charge in [-0.3, -0.25) is 0 Å². The summed E-state index contributed by atoms with van der Waals surface area (Å²) in [5.74, 6) is 0. The molecule has 2 nitrogen and oxygen atoms in total. The van der Waals surface area contributed by atoms with Crippen LogP contribution in [0.1, 0.15) is 52.7 Å². The molecule has 4 heteroatoms. The summed E-state index contributed by atoms with van der Waals surface area (Å²) in [6, 6.07) is 56.0. The number of para-hydroxylation sites is 2. The van der Waals surface area contributed by atoms with Crippen molar-refractivity contribution in [1.82, 2.24) is 0 Å². The van der Waals surface area contributed by atoms with Gasteiger partial charge in [0.25, 0.3) is 0 Å². The van der Waals surface area contributed by atoms with E-state index in [1.807, 2.05) is 0 Å². The predicted molar refractivity (Wildman–Crippen MR) is 243 cm³/mol. The monoisotopic (exact) mass is 716 g/mol. The molecule has 0 amide bonds. The van der Waals surface area contributed by atoms with Crippen LogP contribution in [0.2, 0.25) is 0 Å². The normalized spacial score (nSPS) is 14.5. The molecule has 0 bridgehead atoms. The summed E-state index contributed by atoms with van der Waals surface area (Å²) in [4.78, 5) is 5.15. The standard InChI is InChI=1S/C52H42B2N2/c1-51(2,3)33-23-25-41-39(28-33)53-37-21-13-15-31-27-32-16-14-22-38-46(32)47(45(31)37)48-49(53)43(55(41)35-17-9-7-10-18-35)30-44-50(48)54(38)40-29-34(52(4,5)6)24-26-42(40)56(44)36-19-11-8-12-20-36/h7-30H,1-6H3. The van der Waals surface area contributed by atoms with Gasteiger partial charge in [-0.25, -0.2) is 0 Å². The van der Waals surface area contributed by atoms with Gasteiger partial charge < -0.3 is 9.80 Å². The van der Waals surface area contributed by atoms with Crippen LogP contribution in [0.25, 0.3) is 32.7 Å². The van der Waals surface area contributed by atoms with Gasteiger partial charge in [0.05, 0.1) is 0 Å². The second-order valence-electron chi connectivity index (χ2n) is 18.5. The minimum absolute atomic E-state index is 0.0104. The lowest BCUT2D eigenvalue weighted by atomic mass is 9.26. The Morgan fingerprint density at radius 3 is 1.25 bits per heavy atom. The molecule has 56 heavy (non-hydrogen) atoms. The van der Waals surface area contributed by atoms with Crippen molar-refractivity contribution >= 4 is 102 Å². The molecule has 0 saturated carbocycles. The van der Waals surface area contributed by atoms with Crippen LogP contribution in [0.15, 0.2) is 146 Å². The van der Waals surface area contributed by atoms with Gasteiger partial charge in [-0.15, -0.1) is 0 Å². The summed E-state index contributed by atoms with van der Waals surface area (Å²) >= 11 is 0. The highest BCUT2D eigenvalue weighted by molar-refractivity contribution is 7.05. The molecule has 4 heterocycles. The molecule has 12 rings (SSSR count). The van der Waals surface area contributed by atoms with Gasteiger partial charge >= 0.3 is 0 Å². The third kappa shape index (κ3) is 4.14. The van der Waals surface area contributed by atoms with Crippen LogP contribution in [-0.4, -0.2) is 13.4 Å². The Kier molecular flexibility index (Phi) is 6.26. The smallest absolute Gasteiger partial charge is 0.248 e. The average molecular weight is 717 g/mol. The van der Waals surface area contributed by atoms with E-state index in [2.05, 4.69) is 197 Å². The lowest BCUT2D eigenvalue weighted by molar-refractivity contribution is 0.590. The number of nitrogens with zero attached hydrogens (tertiary/aromatic N) is 2. The Balaban J connectivity index is 1.32. The minimum atomic E-state index is 0.0104. The third-order valence-corrected chi connectivity index (χ3v) is 13.3. The van der Waals surface area contributed by atoms with E-state index in [1.54, 1.807) is 0 Å². The maximum absolute atomic E-state index is 2.58. The fraction of sp³-hybridized carbons (Fsp3) is 0.154. The predicted octanol–water partition coefficient (Wildman–Crippen LogP) is 9.48. The first-order valence-corrected chi connectivity index (χ1v) is 20.3. The van der Waals surface area contributed by atoms with Crippen molar-refractivity contribution in [3.8, 4) is 11.1 Å². The van der Waals surface area contributed by atoms with Gasteiger partial charge in [-0.05, 0) is 125 Å². The van der Waals surface area contributed by atoms with Gasteiger partial charge in [-0.2, -0.15) is 0 Å². The van der Waals surface area contributed by atoms with Crippen LogP contribution in [-0.2, 0) is 10.8 Å².